The minimum absolute atomic E-state index is 0.0231. The normalized spacial score (nSPS) is 11.1. The van der Waals surface area contributed by atoms with Gasteiger partial charge in [-0.25, -0.2) is 4.99 Å². The van der Waals surface area contributed by atoms with E-state index in [1.54, 1.807) is 0 Å². The number of H-pyrrole nitrogens is 2. The monoisotopic (exact) mass is 331 g/mol. The minimum Gasteiger partial charge on any atom is -0.494 e. The Morgan fingerprint density at radius 2 is 2.00 bits per heavy atom. The van der Waals surface area contributed by atoms with E-state index in [1.165, 1.54) is 17.6 Å². The van der Waals surface area contributed by atoms with Crippen LogP contribution in [-0.4, -0.2) is 31.5 Å². The van der Waals surface area contributed by atoms with Gasteiger partial charge < -0.3 is 10.1 Å². The average molecular weight is 331 g/mol. The molecule has 0 atom stereocenters. The Bertz CT molecular complexity index is 943. The molecule has 7 nitrogen and oxygen atoms in total. The highest BCUT2D eigenvalue weighted by atomic mass is 32.1. The topological polar surface area (TPSA) is 107 Å². The van der Waals surface area contributed by atoms with Crippen LogP contribution in [0.4, 0.5) is 5.13 Å². The van der Waals surface area contributed by atoms with E-state index in [4.69, 9.17) is 12.2 Å². The van der Waals surface area contributed by atoms with Crippen molar-refractivity contribution in [3.05, 3.63) is 51.0 Å². The molecule has 9 heteroatoms. The highest BCUT2D eigenvalue weighted by Gasteiger charge is 2.07. The molecule has 0 aliphatic heterocycles. The number of aliphatic imine (C=N–C) groups is 1. The van der Waals surface area contributed by atoms with Crippen LogP contribution < -0.4 is 5.56 Å². The largest absolute Gasteiger partial charge is 0.494 e. The number of hydrogen-bond acceptors (Lipinski definition) is 7. The fraction of sp³-hybridized carbons (Fsp3) is 0. The molecule has 0 aliphatic rings. The fourth-order valence-corrected chi connectivity index (χ4v) is 2.57. The van der Waals surface area contributed by atoms with Gasteiger partial charge in [-0.3, -0.25) is 9.78 Å². The quantitative estimate of drug-likeness (QED) is 0.504. The first-order valence-electron chi connectivity index (χ1n) is 6.12. The number of aromatic amines is 2. The fourth-order valence-electron chi connectivity index (χ4n) is 1.69. The second-order valence-corrected chi connectivity index (χ2v) is 5.55. The van der Waals surface area contributed by atoms with Crippen LogP contribution in [0.15, 0.2) is 40.1 Å². The van der Waals surface area contributed by atoms with E-state index in [0.717, 1.165) is 10.6 Å². The number of rotatable bonds is 3. The van der Waals surface area contributed by atoms with Gasteiger partial charge in [0.1, 0.15) is 10.6 Å². The Balaban J connectivity index is 1.90. The predicted molar refractivity (Wildman–Crippen MR) is 86.5 cm³/mol. The molecule has 110 valence electrons. The molecule has 0 aliphatic carbocycles. The molecule has 0 bridgehead atoms. The van der Waals surface area contributed by atoms with Crippen LogP contribution in [0.1, 0.15) is 5.56 Å². The van der Waals surface area contributed by atoms with Gasteiger partial charge in [-0.1, -0.05) is 41.7 Å². The molecule has 0 saturated carbocycles. The summed E-state index contributed by atoms with van der Waals surface area (Å²) in [4.78, 5) is 20.5. The average Bonchev–Trinajstić information content (AvgIpc) is 2.96. The number of aromatic nitrogens is 4. The highest BCUT2D eigenvalue weighted by molar-refractivity contribution is 7.71. The van der Waals surface area contributed by atoms with Gasteiger partial charge in [0.2, 0.25) is 11.0 Å². The number of hydrogen-bond donors (Lipinski definition) is 3. The highest BCUT2D eigenvalue weighted by Crippen LogP contribution is 2.27. The number of benzene rings is 1. The van der Waals surface area contributed by atoms with Gasteiger partial charge in [0, 0.05) is 11.8 Å². The van der Waals surface area contributed by atoms with Crippen molar-refractivity contribution in [2.75, 3.05) is 0 Å². The zero-order valence-electron chi connectivity index (χ0n) is 11.0. The van der Waals surface area contributed by atoms with E-state index in [2.05, 4.69) is 25.2 Å². The molecule has 2 heterocycles. The summed E-state index contributed by atoms with van der Waals surface area (Å²) in [5.41, 5.74) is 0.383. The summed E-state index contributed by atoms with van der Waals surface area (Å²) in [5, 5.41) is 18.7. The first-order chi connectivity index (χ1) is 10.6. The zero-order valence-corrected chi connectivity index (χ0v) is 12.6. The molecule has 0 radical (unpaired) electrons. The summed E-state index contributed by atoms with van der Waals surface area (Å²) < 4.78 is 0.0435. The number of nitrogens with zero attached hydrogens (tertiary/aromatic N) is 3. The minimum atomic E-state index is -0.530. The maximum Gasteiger partial charge on any atom is 0.264 e. The number of nitrogens with one attached hydrogen (secondary N) is 2. The van der Waals surface area contributed by atoms with E-state index in [9.17, 15) is 9.90 Å². The van der Waals surface area contributed by atoms with Crippen molar-refractivity contribution >= 4 is 34.9 Å². The molecule has 0 fully saturated rings. The molecular formula is C13H9N5O2S2. The molecule has 1 aromatic carbocycles. The lowest BCUT2D eigenvalue weighted by atomic mass is 10.2. The van der Waals surface area contributed by atoms with E-state index < -0.39 is 5.56 Å². The molecule has 2 aromatic heterocycles. The van der Waals surface area contributed by atoms with Gasteiger partial charge >= 0.3 is 0 Å². The third-order valence-corrected chi connectivity index (χ3v) is 3.78. The van der Waals surface area contributed by atoms with E-state index >= 15 is 0 Å². The molecule has 0 spiro atoms. The van der Waals surface area contributed by atoms with Crippen molar-refractivity contribution in [1.29, 1.82) is 0 Å². The first kappa shape index (κ1) is 14.3. The second kappa shape index (κ2) is 6.00. The Hall–Kier alpha value is -2.65. The van der Waals surface area contributed by atoms with Crippen LogP contribution in [0, 0.1) is 4.77 Å². The summed E-state index contributed by atoms with van der Waals surface area (Å²) in [6.45, 7) is 0. The first-order valence-corrected chi connectivity index (χ1v) is 7.34. The van der Waals surface area contributed by atoms with E-state index in [0.29, 0.717) is 5.13 Å². The van der Waals surface area contributed by atoms with Gasteiger partial charge in [-0.15, -0.1) is 10.2 Å². The van der Waals surface area contributed by atoms with E-state index in [-0.39, 0.29) is 16.2 Å². The van der Waals surface area contributed by atoms with E-state index in [1.807, 2.05) is 30.3 Å². The Labute approximate surface area is 133 Å². The molecule has 0 unspecified atom stereocenters. The van der Waals surface area contributed by atoms with Crippen molar-refractivity contribution in [3.63, 3.8) is 0 Å². The summed E-state index contributed by atoms with van der Waals surface area (Å²) >= 11 is 6.02. The second-order valence-electron chi connectivity index (χ2n) is 4.18. The SMILES string of the molecule is O=c1[nH]c(=S)[nH]c(O)c1/C=N/c1nnc(-c2ccccc2)s1. The Morgan fingerprint density at radius 3 is 2.73 bits per heavy atom. The molecule has 3 aromatic rings. The summed E-state index contributed by atoms with van der Waals surface area (Å²) in [6.07, 6.45) is 1.22. The maximum atomic E-state index is 11.7. The van der Waals surface area contributed by atoms with Crippen molar-refractivity contribution < 1.29 is 5.11 Å². The lowest BCUT2D eigenvalue weighted by Crippen LogP contribution is -2.13. The van der Waals surface area contributed by atoms with Crippen molar-refractivity contribution in [2.24, 2.45) is 4.99 Å². The van der Waals surface area contributed by atoms with Gasteiger partial charge in [-0.05, 0) is 12.2 Å². The molecule has 3 rings (SSSR count). The molecule has 0 amide bonds. The summed E-state index contributed by atoms with van der Waals surface area (Å²) in [5.74, 6) is -0.342. The lowest BCUT2D eigenvalue weighted by Gasteiger charge is -1.95. The van der Waals surface area contributed by atoms with Crippen LogP contribution in [0.2, 0.25) is 0 Å². The molecular weight excluding hydrogens is 322 g/mol. The summed E-state index contributed by atoms with van der Waals surface area (Å²) in [6, 6.07) is 9.56. The van der Waals surface area contributed by atoms with Crippen LogP contribution >= 0.6 is 23.6 Å². The third kappa shape index (κ3) is 3.00. The standard InChI is InChI=1S/C13H9N5O2S2/c19-9-8(10(20)16-12(21)15-9)6-14-13-18-17-11(22-13)7-4-2-1-3-5-7/h1-6H,(H3,15,16,19,20,21)/b14-6+. The van der Waals surface area contributed by atoms with Gasteiger partial charge in [0.25, 0.3) is 5.56 Å². The van der Waals surface area contributed by atoms with Gasteiger partial charge in [-0.2, -0.15) is 0 Å². The molecule has 22 heavy (non-hydrogen) atoms. The van der Waals surface area contributed by atoms with Crippen molar-refractivity contribution in [1.82, 2.24) is 20.2 Å². The Kier molecular flexibility index (Phi) is 3.90. The van der Waals surface area contributed by atoms with Crippen molar-refractivity contribution in [3.8, 4) is 16.5 Å². The summed E-state index contributed by atoms with van der Waals surface area (Å²) in [7, 11) is 0. The van der Waals surface area contributed by atoms with Gasteiger partial charge in [0.05, 0.1) is 0 Å². The molecule has 0 saturated heterocycles. The smallest absolute Gasteiger partial charge is 0.264 e. The van der Waals surface area contributed by atoms with Crippen LogP contribution in [-0.2, 0) is 0 Å². The number of aromatic hydroxyl groups is 1. The zero-order chi connectivity index (χ0) is 15.5. The van der Waals surface area contributed by atoms with Crippen molar-refractivity contribution in [2.45, 2.75) is 0 Å². The lowest BCUT2D eigenvalue weighted by molar-refractivity contribution is 0.449. The third-order valence-electron chi connectivity index (χ3n) is 2.70. The molecule has 3 N–H and O–H groups in total. The van der Waals surface area contributed by atoms with Crippen LogP contribution in [0.25, 0.3) is 10.6 Å². The van der Waals surface area contributed by atoms with Crippen LogP contribution in [0.3, 0.4) is 0 Å². The Morgan fingerprint density at radius 1 is 1.23 bits per heavy atom. The van der Waals surface area contributed by atoms with Crippen LogP contribution in [0.5, 0.6) is 5.88 Å². The predicted octanol–water partition coefficient (Wildman–Crippen LogP) is 2.41. The maximum absolute atomic E-state index is 11.7. The van der Waals surface area contributed by atoms with Gasteiger partial charge in [0.15, 0.2) is 4.77 Å².